The van der Waals surface area contributed by atoms with Gasteiger partial charge < -0.3 is 5.73 Å². The molecular weight excluding hydrogens is 294 g/mol. The van der Waals surface area contributed by atoms with Gasteiger partial charge >= 0.3 is 0 Å². The van der Waals surface area contributed by atoms with Crippen LogP contribution in [0.4, 0.5) is 11.4 Å². The molecule has 2 rings (SSSR count). The number of nitrogens with two attached hydrogens (primary N) is 1. The van der Waals surface area contributed by atoms with Crippen molar-refractivity contribution in [1.82, 2.24) is 4.72 Å². The highest BCUT2D eigenvalue weighted by Gasteiger charge is 2.45. The highest BCUT2D eigenvalue weighted by Crippen LogP contribution is 2.51. The van der Waals surface area contributed by atoms with Crippen LogP contribution in [-0.4, -0.2) is 19.9 Å². The number of non-ortho nitro benzene ring substituents is 1. The normalized spacial score (nSPS) is 16.9. The molecule has 1 aromatic carbocycles. The summed E-state index contributed by atoms with van der Waals surface area (Å²) in [4.78, 5) is 9.91. The SMILES string of the molecule is CC(C)C1(CNS(=O)(=O)c2ccc([N+](=O)[O-])cc2N)CC1. The van der Waals surface area contributed by atoms with Crippen LogP contribution in [0.15, 0.2) is 23.1 Å². The summed E-state index contributed by atoms with van der Waals surface area (Å²) in [6.07, 6.45) is 2.01. The van der Waals surface area contributed by atoms with Gasteiger partial charge in [-0.3, -0.25) is 10.1 Å². The van der Waals surface area contributed by atoms with Crippen LogP contribution >= 0.6 is 0 Å². The van der Waals surface area contributed by atoms with Crippen molar-refractivity contribution in [3.63, 3.8) is 0 Å². The quantitative estimate of drug-likeness (QED) is 0.472. The summed E-state index contributed by atoms with van der Waals surface area (Å²) in [6, 6.07) is 3.37. The van der Waals surface area contributed by atoms with Crippen molar-refractivity contribution in [3.05, 3.63) is 28.3 Å². The Hall–Kier alpha value is -1.67. The molecular formula is C13H19N3O4S. The van der Waals surface area contributed by atoms with Gasteiger partial charge in [-0.05, 0) is 30.2 Å². The number of nitrogens with one attached hydrogen (secondary N) is 1. The molecule has 116 valence electrons. The van der Waals surface area contributed by atoms with Crippen molar-refractivity contribution in [2.75, 3.05) is 12.3 Å². The number of rotatable bonds is 6. The first-order valence-electron chi connectivity index (χ1n) is 6.71. The van der Waals surface area contributed by atoms with Crippen LogP contribution in [0.5, 0.6) is 0 Å². The summed E-state index contributed by atoms with van der Waals surface area (Å²) in [6.45, 7) is 4.51. The second-order valence-electron chi connectivity index (χ2n) is 5.82. The molecule has 1 aliphatic carbocycles. The van der Waals surface area contributed by atoms with Crippen LogP contribution in [0.1, 0.15) is 26.7 Å². The molecule has 1 aromatic rings. The van der Waals surface area contributed by atoms with Crippen molar-refractivity contribution in [2.24, 2.45) is 11.3 Å². The molecule has 8 heteroatoms. The summed E-state index contributed by atoms with van der Waals surface area (Å²) in [5.74, 6) is 0.398. The minimum absolute atomic E-state index is 0.0304. The summed E-state index contributed by atoms with van der Waals surface area (Å²) in [5, 5.41) is 10.6. The molecule has 0 spiro atoms. The summed E-state index contributed by atoms with van der Waals surface area (Å²) in [7, 11) is -3.76. The molecule has 1 aliphatic rings. The number of anilines is 1. The van der Waals surface area contributed by atoms with E-state index in [1.165, 1.54) is 6.07 Å². The van der Waals surface area contributed by atoms with Crippen LogP contribution in [-0.2, 0) is 10.0 Å². The topological polar surface area (TPSA) is 115 Å². The minimum atomic E-state index is -3.76. The molecule has 0 saturated heterocycles. The minimum Gasteiger partial charge on any atom is -0.397 e. The molecule has 1 saturated carbocycles. The number of nitrogen functional groups attached to an aromatic ring is 1. The Morgan fingerprint density at radius 3 is 2.48 bits per heavy atom. The first-order chi connectivity index (χ1) is 9.68. The molecule has 21 heavy (non-hydrogen) atoms. The second kappa shape index (κ2) is 5.27. The van der Waals surface area contributed by atoms with Crippen molar-refractivity contribution < 1.29 is 13.3 Å². The molecule has 0 heterocycles. The smallest absolute Gasteiger partial charge is 0.271 e. The Morgan fingerprint density at radius 2 is 2.05 bits per heavy atom. The predicted molar refractivity (Wildman–Crippen MR) is 79.2 cm³/mol. The zero-order valence-corrected chi connectivity index (χ0v) is 12.8. The molecule has 0 amide bonds. The van der Waals surface area contributed by atoms with E-state index in [9.17, 15) is 18.5 Å². The van der Waals surface area contributed by atoms with E-state index in [2.05, 4.69) is 18.6 Å². The summed E-state index contributed by atoms with van der Waals surface area (Å²) >= 11 is 0. The van der Waals surface area contributed by atoms with Gasteiger partial charge in [0, 0.05) is 18.7 Å². The lowest BCUT2D eigenvalue weighted by molar-refractivity contribution is -0.384. The van der Waals surface area contributed by atoms with Gasteiger partial charge in [-0.2, -0.15) is 0 Å². The van der Waals surface area contributed by atoms with Gasteiger partial charge in [-0.25, -0.2) is 13.1 Å². The number of nitrogens with zero attached hydrogens (tertiary/aromatic N) is 1. The molecule has 1 fully saturated rings. The highest BCUT2D eigenvalue weighted by atomic mass is 32.2. The van der Waals surface area contributed by atoms with Gasteiger partial charge in [-0.1, -0.05) is 13.8 Å². The second-order valence-corrected chi connectivity index (χ2v) is 7.56. The number of benzene rings is 1. The molecule has 3 N–H and O–H groups in total. The van der Waals surface area contributed by atoms with E-state index in [0.29, 0.717) is 12.5 Å². The van der Waals surface area contributed by atoms with E-state index >= 15 is 0 Å². The van der Waals surface area contributed by atoms with Gasteiger partial charge in [0.15, 0.2) is 0 Å². The molecule has 0 bridgehead atoms. The van der Waals surface area contributed by atoms with Crippen molar-refractivity contribution in [1.29, 1.82) is 0 Å². The molecule has 0 unspecified atom stereocenters. The van der Waals surface area contributed by atoms with E-state index in [0.717, 1.165) is 25.0 Å². The molecule has 0 aromatic heterocycles. The van der Waals surface area contributed by atoms with Gasteiger partial charge in [0.25, 0.3) is 5.69 Å². The maximum atomic E-state index is 12.3. The highest BCUT2D eigenvalue weighted by molar-refractivity contribution is 7.89. The predicted octanol–water partition coefficient (Wildman–Crippen LogP) is 1.89. The summed E-state index contributed by atoms with van der Waals surface area (Å²) in [5.41, 5.74) is 5.32. The number of hydrogen-bond donors (Lipinski definition) is 2. The lowest BCUT2D eigenvalue weighted by Gasteiger charge is -2.20. The number of nitro groups is 1. The monoisotopic (exact) mass is 313 g/mol. The van der Waals surface area contributed by atoms with Gasteiger partial charge in [0.05, 0.1) is 10.6 Å². The largest absolute Gasteiger partial charge is 0.397 e. The van der Waals surface area contributed by atoms with E-state index in [1.54, 1.807) is 0 Å². The standard InChI is InChI=1S/C13H19N3O4S/c1-9(2)13(5-6-13)8-15-21(19,20)12-4-3-10(16(17)18)7-11(12)14/h3-4,7,9,15H,5-6,8,14H2,1-2H3. The first-order valence-corrected chi connectivity index (χ1v) is 8.20. The van der Waals surface area contributed by atoms with Crippen LogP contribution in [0.3, 0.4) is 0 Å². The molecule has 0 aliphatic heterocycles. The van der Waals surface area contributed by atoms with Crippen LogP contribution in [0, 0.1) is 21.4 Å². The van der Waals surface area contributed by atoms with Crippen molar-refractivity contribution >= 4 is 21.4 Å². The maximum absolute atomic E-state index is 12.3. The Labute approximate surface area is 123 Å². The third-order valence-corrected chi connectivity index (χ3v) is 5.70. The van der Waals surface area contributed by atoms with Crippen LogP contribution in [0.2, 0.25) is 0 Å². The zero-order chi connectivity index (χ0) is 15.8. The van der Waals surface area contributed by atoms with E-state index in [1.807, 2.05) is 0 Å². The van der Waals surface area contributed by atoms with Crippen molar-refractivity contribution in [3.8, 4) is 0 Å². The average molecular weight is 313 g/mol. The Kier molecular flexibility index (Phi) is 3.94. The zero-order valence-electron chi connectivity index (χ0n) is 12.0. The first kappa shape index (κ1) is 15.7. The Balaban J connectivity index is 2.18. The average Bonchev–Trinajstić information content (AvgIpc) is 3.17. The fraction of sp³-hybridized carbons (Fsp3) is 0.538. The van der Waals surface area contributed by atoms with Crippen LogP contribution < -0.4 is 10.5 Å². The van der Waals surface area contributed by atoms with E-state index in [4.69, 9.17) is 5.73 Å². The lowest BCUT2D eigenvalue weighted by atomic mass is 9.93. The Bertz CT molecular complexity index is 666. The third kappa shape index (κ3) is 3.16. The molecule has 7 nitrogen and oxygen atoms in total. The van der Waals surface area contributed by atoms with E-state index < -0.39 is 14.9 Å². The number of sulfonamides is 1. The summed E-state index contributed by atoms with van der Waals surface area (Å²) < 4.78 is 27.1. The van der Waals surface area contributed by atoms with Crippen LogP contribution in [0.25, 0.3) is 0 Å². The Morgan fingerprint density at radius 1 is 1.43 bits per heavy atom. The third-order valence-electron chi connectivity index (χ3n) is 4.22. The van der Waals surface area contributed by atoms with Gasteiger partial charge in [-0.15, -0.1) is 0 Å². The molecule has 0 atom stereocenters. The van der Waals surface area contributed by atoms with Gasteiger partial charge in [0.2, 0.25) is 10.0 Å². The fourth-order valence-electron chi connectivity index (χ4n) is 2.33. The molecule has 0 radical (unpaired) electrons. The number of hydrogen-bond acceptors (Lipinski definition) is 5. The van der Waals surface area contributed by atoms with Gasteiger partial charge in [0.1, 0.15) is 4.90 Å². The number of nitro benzene ring substituents is 1. The van der Waals surface area contributed by atoms with E-state index in [-0.39, 0.29) is 21.7 Å². The lowest BCUT2D eigenvalue weighted by Crippen LogP contribution is -2.33. The fourth-order valence-corrected chi connectivity index (χ4v) is 3.58. The maximum Gasteiger partial charge on any atom is 0.271 e. The van der Waals surface area contributed by atoms with Crippen molar-refractivity contribution in [2.45, 2.75) is 31.6 Å².